The Kier molecular flexibility index (Phi) is 2.44. The Morgan fingerprint density at radius 1 is 1.43 bits per heavy atom. The van der Waals surface area contributed by atoms with Gasteiger partial charge in [-0.2, -0.15) is 0 Å². The smallest absolute Gasteiger partial charge is 0.129 e. The molecule has 0 spiro atoms. The van der Waals surface area contributed by atoms with Crippen LogP contribution >= 0.6 is 0 Å². The van der Waals surface area contributed by atoms with Gasteiger partial charge in [0.15, 0.2) is 0 Å². The van der Waals surface area contributed by atoms with Crippen LogP contribution in [0.2, 0.25) is 0 Å². The molecule has 0 saturated carbocycles. The number of nitrogens with one attached hydrogen (secondary N) is 2. The van der Waals surface area contributed by atoms with E-state index in [1.807, 2.05) is 31.3 Å². The second-order valence-corrected chi connectivity index (χ2v) is 3.04. The normalized spacial score (nSPS) is 10.1. The van der Waals surface area contributed by atoms with Crippen molar-refractivity contribution in [1.29, 1.82) is 0 Å². The molecule has 72 valence electrons. The summed E-state index contributed by atoms with van der Waals surface area (Å²) in [6.45, 7) is 2.63. The van der Waals surface area contributed by atoms with Crippen LogP contribution in [-0.4, -0.2) is 15.0 Å². The highest BCUT2D eigenvalue weighted by atomic mass is 15.0. The second kappa shape index (κ2) is 3.91. The standard InChI is InChI=1S/C10H12N4/c1-8-11-6-4-10(14-8)13-7-9-3-2-5-12-9/h2-6,12H,7H2,1H3,(H,11,13,14). The second-order valence-electron chi connectivity index (χ2n) is 3.04. The Bertz CT molecular complexity index is 394. The summed E-state index contributed by atoms with van der Waals surface area (Å²) in [5.74, 6) is 1.63. The van der Waals surface area contributed by atoms with Crippen LogP contribution in [-0.2, 0) is 6.54 Å². The molecule has 0 bridgehead atoms. The molecule has 14 heavy (non-hydrogen) atoms. The van der Waals surface area contributed by atoms with E-state index in [0.29, 0.717) is 0 Å². The fourth-order valence-corrected chi connectivity index (χ4v) is 1.22. The lowest BCUT2D eigenvalue weighted by molar-refractivity contribution is 1.00. The third-order valence-electron chi connectivity index (χ3n) is 1.90. The van der Waals surface area contributed by atoms with Crippen molar-refractivity contribution in [2.75, 3.05) is 5.32 Å². The average molecular weight is 188 g/mol. The summed E-state index contributed by atoms with van der Waals surface area (Å²) in [7, 11) is 0. The Morgan fingerprint density at radius 2 is 2.36 bits per heavy atom. The Hall–Kier alpha value is -1.84. The SMILES string of the molecule is Cc1nccc(NCc2ccc[nH]2)n1. The lowest BCUT2D eigenvalue weighted by atomic mass is 10.4. The largest absolute Gasteiger partial charge is 0.364 e. The number of rotatable bonds is 3. The average Bonchev–Trinajstić information content (AvgIpc) is 2.67. The third-order valence-corrected chi connectivity index (χ3v) is 1.90. The molecule has 0 saturated heterocycles. The van der Waals surface area contributed by atoms with E-state index >= 15 is 0 Å². The molecule has 2 rings (SSSR count). The number of aryl methyl sites for hydroxylation is 1. The fraction of sp³-hybridized carbons (Fsp3) is 0.200. The number of hydrogen-bond donors (Lipinski definition) is 2. The molecule has 2 aromatic rings. The number of aromatic nitrogens is 3. The molecule has 0 aromatic carbocycles. The predicted molar refractivity (Wildman–Crippen MR) is 54.9 cm³/mol. The van der Waals surface area contributed by atoms with Gasteiger partial charge in [-0.05, 0) is 25.1 Å². The van der Waals surface area contributed by atoms with Crippen LogP contribution in [0.5, 0.6) is 0 Å². The van der Waals surface area contributed by atoms with Crippen LogP contribution in [0.15, 0.2) is 30.6 Å². The van der Waals surface area contributed by atoms with E-state index in [4.69, 9.17) is 0 Å². The van der Waals surface area contributed by atoms with Crippen molar-refractivity contribution in [3.63, 3.8) is 0 Å². The predicted octanol–water partition coefficient (Wildman–Crippen LogP) is 1.73. The molecule has 0 radical (unpaired) electrons. The number of nitrogens with zero attached hydrogens (tertiary/aromatic N) is 2. The van der Waals surface area contributed by atoms with E-state index in [0.717, 1.165) is 23.9 Å². The van der Waals surface area contributed by atoms with Gasteiger partial charge in [-0.1, -0.05) is 0 Å². The Balaban J connectivity index is 1.98. The maximum atomic E-state index is 4.24. The van der Waals surface area contributed by atoms with Crippen LogP contribution in [0, 0.1) is 6.92 Å². The summed E-state index contributed by atoms with van der Waals surface area (Å²) < 4.78 is 0. The molecule has 2 aromatic heterocycles. The van der Waals surface area contributed by atoms with E-state index in [9.17, 15) is 0 Å². The van der Waals surface area contributed by atoms with Gasteiger partial charge in [-0.15, -0.1) is 0 Å². The van der Waals surface area contributed by atoms with Crippen LogP contribution in [0.4, 0.5) is 5.82 Å². The molecule has 2 N–H and O–H groups in total. The van der Waals surface area contributed by atoms with Crippen LogP contribution in [0.3, 0.4) is 0 Å². The van der Waals surface area contributed by atoms with Gasteiger partial charge in [0.05, 0.1) is 6.54 Å². The van der Waals surface area contributed by atoms with Gasteiger partial charge in [-0.25, -0.2) is 9.97 Å². The molecule has 0 aliphatic rings. The summed E-state index contributed by atoms with van der Waals surface area (Å²) >= 11 is 0. The van der Waals surface area contributed by atoms with E-state index in [1.54, 1.807) is 6.20 Å². The van der Waals surface area contributed by atoms with Gasteiger partial charge in [0.25, 0.3) is 0 Å². The summed E-state index contributed by atoms with van der Waals surface area (Å²) in [6, 6.07) is 5.86. The first-order valence-electron chi connectivity index (χ1n) is 4.50. The van der Waals surface area contributed by atoms with Crippen LogP contribution < -0.4 is 5.32 Å². The summed E-state index contributed by atoms with van der Waals surface area (Å²) in [6.07, 6.45) is 3.65. The first-order chi connectivity index (χ1) is 6.84. The maximum Gasteiger partial charge on any atom is 0.129 e. The monoisotopic (exact) mass is 188 g/mol. The third kappa shape index (κ3) is 2.10. The minimum absolute atomic E-state index is 0.753. The molecule has 0 atom stereocenters. The molecule has 0 amide bonds. The van der Waals surface area contributed by atoms with Crippen molar-refractivity contribution >= 4 is 5.82 Å². The van der Waals surface area contributed by atoms with Crippen molar-refractivity contribution < 1.29 is 0 Å². The topological polar surface area (TPSA) is 53.6 Å². The highest BCUT2D eigenvalue weighted by molar-refractivity contribution is 5.33. The Labute approximate surface area is 82.4 Å². The lowest BCUT2D eigenvalue weighted by Gasteiger charge is -2.03. The van der Waals surface area contributed by atoms with E-state index in [2.05, 4.69) is 20.3 Å². The van der Waals surface area contributed by atoms with Gasteiger partial charge in [0.2, 0.25) is 0 Å². The van der Waals surface area contributed by atoms with Crippen molar-refractivity contribution in [2.24, 2.45) is 0 Å². The minimum Gasteiger partial charge on any atom is -0.364 e. The molecular formula is C10H12N4. The van der Waals surface area contributed by atoms with Crippen LogP contribution in [0.1, 0.15) is 11.5 Å². The minimum atomic E-state index is 0.753. The fourth-order valence-electron chi connectivity index (χ4n) is 1.22. The molecule has 0 aliphatic carbocycles. The van der Waals surface area contributed by atoms with E-state index < -0.39 is 0 Å². The van der Waals surface area contributed by atoms with Crippen molar-refractivity contribution in [1.82, 2.24) is 15.0 Å². The van der Waals surface area contributed by atoms with Gasteiger partial charge in [0.1, 0.15) is 11.6 Å². The summed E-state index contributed by atoms with van der Waals surface area (Å²) in [5.41, 5.74) is 1.14. The molecule has 0 unspecified atom stereocenters. The molecule has 2 heterocycles. The zero-order chi connectivity index (χ0) is 9.80. The number of H-pyrrole nitrogens is 1. The maximum absolute atomic E-state index is 4.24. The van der Waals surface area contributed by atoms with Gasteiger partial charge < -0.3 is 10.3 Å². The van der Waals surface area contributed by atoms with E-state index in [-0.39, 0.29) is 0 Å². The molecule has 0 fully saturated rings. The zero-order valence-corrected chi connectivity index (χ0v) is 7.99. The number of anilines is 1. The first kappa shape index (κ1) is 8.74. The summed E-state index contributed by atoms with van der Waals surface area (Å²) in [5, 5.41) is 3.21. The Morgan fingerprint density at radius 3 is 3.07 bits per heavy atom. The quantitative estimate of drug-likeness (QED) is 0.771. The van der Waals surface area contributed by atoms with Crippen molar-refractivity contribution in [3.05, 3.63) is 42.1 Å². The van der Waals surface area contributed by atoms with Crippen molar-refractivity contribution in [2.45, 2.75) is 13.5 Å². The molecule has 4 heteroatoms. The molecule has 4 nitrogen and oxygen atoms in total. The number of hydrogen-bond acceptors (Lipinski definition) is 3. The first-order valence-corrected chi connectivity index (χ1v) is 4.50. The van der Waals surface area contributed by atoms with E-state index in [1.165, 1.54) is 0 Å². The lowest BCUT2D eigenvalue weighted by Crippen LogP contribution is -2.02. The van der Waals surface area contributed by atoms with Gasteiger partial charge in [-0.3, -0.25) is 0 Å². The molecule has 0 aliphatic heterocycles. The van der Waals surface area contributed by atoms with Gasteiger partial charge in [0, 0.05) is 18.1 Å². The number of aromatic amines is 1. The van der Waals surface area contributed by atoms with Crippen LogP contribution in [0.25, 0.3) is 0 Å². The highest BCUT2D eigenvalue weighted by Gasteiger charge is 1.95. The zero-order valence-electron chi connectivity index (χ0n) is 7.99. The van der Waals surface area contributed by atoms with Gasteiger partial charge >= 0.3 is 0 Å². The summed E-state index contributed by atoms with van der Waals surface area (Å²) in [4.78, 5) is 11.4. The highest BCUT2D eigenvalue weighted by Crippen LogP contribution is 2.03. The molecular weight excluding hydrogens is 176 g/mol. The van der Waals surface area contributed by atoms with Crippen molar-refractivity contribution in [3.8, 4) is 0 Å².